The average molecular weight is 203 g/mol. The monoisotopic (exact) mass is 203 g/mol. The maximum atomic E-state index is 13.0. The van der Waals surface area contributed by atoms with Crippen LogP contribution in [0, 0.1) is 12.7 Å². The van der Waals surface area contributed by atoms with Crippen molar-refractivity contribution in [2.24, 2.45) is 0 Å². The van der Waals surface area contributed by atoms with Crippen LogP contribution in [0.3, 0.4) is 0 Å². The molecule has 1 aromatic carbocycles. The summed E-state index contributed by atoms with van der Waals surface area (Å²) in [4.78, 5) is 0. The van der Waals surface area contributed by atoms with Gasteiger partial charge in [-0.25, -0.2) is 13.2 Å². The number of aryl methyl sites for hydroxylation is 1. The molecule has 0 aliphatic heterocycles. The summed E-state index contributed by atoms with van der Waals surface area (Å²) in [5, 5.41) is 2.53. The van der Waals surface area contributed by atoms with Crippen molar-refractivity contribution in [1.82, 2.24) is 5.32 Å². The molecule has 0 unspecified atom stereocenters. The van der Waals surface area contributed by atoms with Gasteiger partial charge in [0, 0.05) is 6.54 Å². The van der Waals surface area contributed by atoms with E-state index < -0.39 is 6.43 Å². The van der Waals surface area contributed by atoms with E-state index in [9.17, 15) is 13.2 Å². The third-order valence-corrected chi connectivity index (χ3v) is 1.86. The lowest BCUT2D eigenvalue weighted by atomic mass is 10.1. The number of rotatable bonds is 4. The van der Waals surface area contributed by atoms with E-state index in [4.69, 9.17) is 0 Å². The summed E-state index contributed by atoms with van der Waals surface area (Å²) < 4.78 is 36.5. The number of nitrogens with one attached hydrogen (secondary N) is 1. The largest absolute Gasteiger partial charge is 0.307 e. The fourth-order valence-electron chi connectivity index (χ4n) is 1.07. The molecule has 1 aromatic rings. The molecule has 0 atom stereocenters. The lowest BCUT2D eigenvalue weighted by Gasteiger charge is -2.05. The molecule has 14 heavy (non-hydrogen) atoms. The Hall–Kier alpha value is -1.03. The first-order valence-electron chi connectivity index (χ1n) is 4.33. The van der Waals surface area contributed by atoms with E-state index in [0.717, 1.165) is 0 Å². The van der Waals surface area contributed by atoms with Crippen molar-refractivity contribution in [1.29, 1.82) is 0 Å². The van der Waals surface area contributed by atoms with E-state index in [1.54, 1.807) is 19.1 Å². The van der Waals surface area contributed by atoms with Crippen LogP contribution in [0.5, 0.6) is 0 Å². The van der Waals surface area contributed by atoms with Gasteiger partial charge in [-0.05, 0) is 24.1 Å². The number of halogens is 3. The molecular formula is C10H12F3N. The van der Waals surface area contributed by atoms with Gasteiger partial charge in [0.1, 0.15) is 5.82 Å². The van der Waals surface area contributed by atoms with Crippen LogP contribution in [0.1, 0.15) is 11.1 Å². The van der Waals surface area contributed by atoms with E-state index in [1.165, 1.54) is 6.07 Å². The molecule has 0 bridgehead atoms. The Morgan fingerprint density at radius 1 is 1.36 bits per heavy atom. The van der Waals surface area contributed by atoms with Gasteiger partial charge in [0.15, 0.2) is 0 Å². The topological polar surface area (TPSA) is 12.0 Å². The van der Waals surface area contributed by atoms with Crippen molar-refractivity contribution in [3.63, 3.8) is 0 Å². The van der Waals surface area contributed by atoms with Gasteiger partial charge in [-0.2, -0.15) is 0 Å². The van der Waals surface area contributed by atoms with Crippen LogP contribution in [0.4, 0.5) is 13.2 Å². The lowest BCUT2D eigenvalue weighted by Crippen LogP contribution is -2.20. The van der Waals surface area contributed by atoms with E-state index >= 15 is 0 Å². The molecule has 0 saturated carbocycles. The highest BCUT2D eigenvalue weighted by molar-refractivity contribution is 5.23. The molecule has 0 aliphatic rings. The van der Waals surface area contributed by atoms with Crippen molar-refractivity contribution < 1.29 is 13.2 Å². The summed E-state index contributed by atoms with van der Waals surface area (Å²) >= 11 is 0. The molecular weight excluding hydrogens is 191 g/mol. The minimum Gasteiger partial charge on any atom is -0.307 e. The Labute approximate surface area is 80.9 Å². The zero-order valence-electron chi connectivity index (χ0n) is 7.86. The number of benzene rings is 1. The van der Waals surface area contributed by atoms with Gasteiger partial charge >= 0.3 is 0 Å². The summed E-state index contributed by atoms with van der Waals surface area (Å²) in [6, 6.07) is 4.71. The maximum Gasteiger partial charge on any atom is 0.250 e. The highest BCUT2D eigenvalue weighted by atomic mass is 19.3. The van der Waals surface area contributed by atoms with E-state index in [-0.39, 0.29) is 18.9 Å². The normalized spacial score (nSPS) is 10.9. The Bertz CT molecular complexity index is 299. The second kappa shape index (κ2) is 5.00. The Balaban J connectivity index is 2.47. The van der Waals surface area contributed by atoms with Gasteiger partial charge in [0.05, 0.1) is 6.54 Å². The molecule has 0 spiro atoms. The number of alkyl halides is 2. The molecule has 0 amide bonds. The quantitative estimate of drug-likeness (QED) is 0.792. The average Bonchev–Trinajstić information content (AvgIpc) is 2.10. The third kappa shape index (κ3) is 3.38. The van der Waals surface area contributed by atoms with Crippen LogP contribution in [0.15, 0.2) is 18.2 Å². The first-order chi connectivity index (χ1) is 6.59. The Morgan fingerprint density at radius 3 is 2.64 bits per heavy atom. The smallest absolute Gasteiger partial charge is 0.250 e. The summed E-state index contributed by atoms with van der Waals surface area (Å²) in [6.07, 6.45) is -2.37. The Morgan fingerprint density at radius 2 is 2.07 bits per heavy atom. The third-order valence-electron chi connectivity index (χ3n) is 1.86. The van der Waals surface area contributed by atoms with Crippen LogP contribution >= 0.6 is 0 Å². The van der Waals surface area contributed by atoms with Crippen molar-refractivity contribution in [3.8, 4) is 0 Å². The van der Waals surface area contributed by atoms with E-state index in [2.05, 4.69) is 5.32 Å². The molecule has 1 nitrogen and oxygen atoms in total. The zero-order valence-corrected chi connectivity index (χ0v) is 7.86. The molecule has 0 aliphatic carbocycles. The molecule has 0 saturated heterocycles. The molecule has 0 heterocycles. The number of hydrogen-bond acceptors (Lipinski definition) is 1. The fraction of sp³-hybridized carbons (Fsp3) is 0.400. The predicted molar refractivity (Wildman–Crippen MR) is 48.8 cm³/mol. The van der Waals surface area contributed by atoms with Gasteiger partial charge in [-0.3, -0.25) is 0 Å². The molecule has 0 fully saturated rings. The van der Waals surface area contributed by atoms with Crippen molar-refractivity contribution in [2.75, 3.05) is 6.54 Å². The second-order valence-corrected chi connectivity index (χ2v) is 3.11. The van der Waals surface area contributed by atoms with E-state index in [0.29, 0.717) is 11.1 Å². The van der Waals surface area contributed by atoms with Crippen molar-refractivity contribution >= 4 is 0 Å². The molecule has 0 radical (unpaired) electrons. The predicted octanol–water partition coefficient (Wildman–Crippen LogP) is 2.49. The molecule has 1 rings (SSSR count). The van der Waals surface area contributed by atoms with Gasteiger partial charge in [-0.1, -0.05) is 12.1 Å². The summed E-state index contributed by atoms with van der Waals surface area (Å²) in [6.45, 7) is 1.56. The number of hydrogen-bond donors (Lipinski definition) is 1. The van der Waals surface area contributed by atoms with Crippen molar-refractivity contribution in [2.45, 2.75) is 19.9 Å². The standard InChI is InChI=1S/C10H12F3N/c1-7-2-3-8(4-9(7)11)5-14-6-10(12)13/h2-4,10,14H,5-6H2,1H3. The summed E-state index contributed by atoms with van der Waals surface area (Å²) in [5.74, 6) is -0.304. The van der Waals surface area contributed by atoms with Crippen LogP contribution < -0.4 is 5.32 Å². The molecule has 1 N–H and O–H groups in total. The fourth-order valence-corrected chi connectivity index (χ4v) is 1.07. The summed E-state index contributed by atoms with van der Waals surface area (Å²) in [5.41, 5.74) is 1.23. The van der Waals surface area contributed by atoms with Gasteiger partial charge in [0.2, 0.25) is 0 Å². The minimum atomic E-state index is -2.37. The first-order valence-corrected chi connectivity index (χ1v) is 4.33. The molecule has 0 aromatic heterocycles. The Kier molecular flexibility index (Phi) is 3.95. The van der Waals surface area contributed by atoms with Gasteiger partial charge in [-0.15, -0.1) is 0 Å². The first kappa shape index (κ1) is 11.0. The van der Waals surface area contributed by atoms with Crippen LogP contribution in [-0.4, -0.2) is 13.0 Å². The molecule has 4 heteroatoms. The lowest BCUT2D eigenvalue weighted by molar-refractivity contribution is 0.145. The van der Waals surface area contributed by atoms with Crippen molar-refractivity contribution in [3.05, 3.63) is 35.1 Å². The maximum absolute atomic E-state index is 13.0. The molecule has 78 valence electrons. The zero-order chi connectivity index (χ0) is 10.6. The van der Waals surface area contributed by atoms with Gasteiger partial charge < -0.3 is 5.32 Å². The second-order valence-electron chi connectivity index (χ2n) is 3.11. The highest BCUT2D eigenvalue weighted by Gasteiger charge is 2.02. The van der Waals surface area contributed by atoms with E-state index in [1.807, 2.05) is 0 Å². The summed E-state index contributed by atoms with van der Waals surface area (Å²) in [7, 11) is 0. The van der Waals surface area contributed by atoms with Crippen LogP contribution in [0.2, 0.25) is 0 Å². The van der Waals surface area contributed by atoms with Crippen LogP contribution in [-0.2, 0) is 6.54 Å². The van der Waals surface area contributed by atoms with Crippen LogP contribution in [0.25, 0.3) is 0 Å². The van der Waals surface area contributed by atoms with Gasteiger partial charge in [0.25, 0.3) is 6.43 Å². The SMILES string of the molecule is Cc1ccc(CNCC(F)F)cc1F. The minimum absolute atomic E-state index is 0.265. The highest BCUT2D eigenvalue weighted by Crippen LogP contribution is 2.08.